The summed E-state index contributed by atoms with van der Waals surface area (Å²) in [6.07, 6.45) is 6.55. The molecule has 340 valence electrons. The maximum atomic E-state index is 12.9. The van der Waals surface area contributed by atoms with Gasteiger partial charge < -0.3 is 22.8 Å². The molecule has 0 bridgehead atoms. The first-order valence-corrected chi connectivity index (χ1v) is 25.2. The molecule has 0 fully saturated rings. The zero-order chi connectivity index (χ0) is 47.9. The Morgan fingerprint density at radius 1 is 0.288 bits per heavy atom. The van der Waals surface area contributed by atoms with Gasteiger partial charge in [-0.15, -0.1) is 0 Å². The molecule has 0 unspecified atom stereocenters. The van der Waals surface area contributed by atoms with Gasteiger partial charge in [-0.2, -0.15) is 5.26 Å². The zero-order valence-electron chi connectivity index (χ0n) is 39.5. The van der Waals surface area contributed by atoms with E-state index >= 15 is 0 Å². The van der Waals surface area contributed by atoms with Gasteiger partial charge in [-0.1, -0.05) is 170 Å². The Labute approximate surface area is 418 Å². The van der Waals surface area contributed by atoms with Crippen LogP contribution < -0.4 is 0 Å². The lowest BCUT2D eigenvalue weighted by molar-refractivity contribution is 0.943. The highest BCUT2D eigenvalue weighted by Crippen LogP contribution is 2.51. The van der Waals surface area contributed by atoms with E-state index < -0.39 is 0 Å². The van der Waals surface area contributed by atoms with Gasteiger partial charge in [0.05, 0.1) is 78.1 Å². The third-order valence-electron chi connectivity index (χ3n) is 15.8. The monoisotopic (exact) mass is 930 g/mol. The van der Waals surface area contributed by atoms with Gasteiger partial charge in [0.25, 0.3) is 0 Å². The van der Waals surface area contributed by atoms with E-state index in [0.717, 1.165) is 140 Å². The fourth-order valence-electron chi connectivity index (χ4n) is 12.9. The molecule has 5 heterocycles. The first-order chi connectivity index (χ1) is 36.3. The normalized spacial score (nSPS) is 12.8. The van der Waals surface area contributed by atoms with Crippen LogP contribution in [-0.2, 0) is 6.42 Å². The van der Waals surface area contributed by atoms with Gasteiger partial charge in [-0.3, -0.25) is 0 Å². The number of rotatable bonds is 5. The number of nitrogens with zero attached hydrogens (tertiary/aromatic N) is 6. The predicted octanol–water partition coefficient (Wildman–Crippen LogP) is 16.8. The average molecular weight is 931 g/mol. The van der Waals surface area contributed by atoms with Crippen molar-refractivity contribution in [2.75, 3.05) is 0 Å². The first-order valence-electron chi connectivity index (χ1n) is 25.2. The number of para-hydroxylation sites is 9. The molecule has 15 aromatic rings. The van der Waals surface area contributed by atoms with E-state index in [1.807, 2.05) is 0 Å². The van der Waals surface area contributed by atoms with E-state index in [2.05, 4.69) is 259 Å². The summed E-state index contributed by atoms with van der Waals surface area (Å²) >= 11 is 0. The Morgan fingerprint density at radius 2 is 0.534 bits per heavy atom. The Hall–Kier alpha value is -9.83. The van der Waals surface area contributed by atoms with Crippen molar-refractivity contribution in [3.8, 4) is 34.5 Å². The number of hydrogen-bond donors (Lipinski definition) is 0. The molecule has 6 heteroatoms. The lowest BCUT2D eigenvalue weighted by Crippen LogP contribution is -2.19. The summed E-state index contributed by atoms with van der Waals surface area (Å²) in [5, 5.41) is 23.1. The molecule has 0 aliphatic heterocycles. The van der Waals surface area contributed by atoms with Crippen LogP contribution in [0, 0.1) is 11.3 Å². The van der Waals surface area contributed by atoms with Crippen LogP contribution in [0.4, 0.5) is 0 Å². The smallest absolute Gasteiger partial charge is 0.105 e. The second-order valence-corrected chi connectivity index (χ2v) is 19.4. The van der Waals surface area contributed by atoms with Gasteiger partial charge in [-0.05, 0) is 79.1 Å². The van der Waals surface area contributed by atoms with Gasteiger partial charge in [-0.25, -0.2) is 0 Å². The molecule has 10 aromatic carbocycles. The Bertz CT molecular complexity index is 4470. The van der Waals surface area contributed by atoms with Crippen molar-refractivity contribution in [1.82, 2.24) is 22.8 Å². The van der Waals surface area contributed by atoms with E-state index in [1.165, 1.54) is 10.9 Å². The molecule has 0 saturated heterocycles. The Kier molecular flexibility index (Phi) is 8.26. The molecule has 0 radical (unpaired) electrons. The van der Waals surface area contributed by atoms with Crippen LogP contribution in [0.3, 0.4) is 0 Å². The fourth-order valence-corrected chi connectivity index (χ4v) is 12.9. The molecule has 0 saturated carbocycles. The highest BCUT2D eigenvalue weighted by molar-refractivity contribution is 6.16. The Balaban J connectivity index is 1.31. The van der Waals surface area contributed by atoms with Gasteiger partial charge in [0.1, 0.15) is 11.6 Å². The maximum Gasteiger partial charge on any atom is 0.105 e. The van der Waals surface area contributed by atoms with E-state index in [-0.39, 0.29) is 0 Å². The highest BCUT2D eigenvalue weighted by atomic mass is 15.2. The number of benzene rings is 10. The van der Waals surface area contributed by atoms with Crippen LogP contribution in [-0.4, -0.2) is 22.8 Å². The molecule has 5 aromatic heterocycles. The standard InChI is InChI=1S/C67H42N6/c68-41-52-63(69-53-31-11-1-21-42(53)43-22-2-12-32-54(43)69)65(71-57-35-15-5-25-46(57)47-26-6-16-36-58(47)71)67(73-61-39-19-9-29-50(61)51-30-10-20-40-62(51)73)66(72-59-37-17-7-27-48(59)49-28-8-18-38-60(49)72)64(52)70-55-33-13-3-23-44(55)45-24-4-14-34-56(45)70/h1-9,11-29,31-40H,10,30H2. The molecule has 0 atom stereocenters. The fraction of sp³-hybridized carbons (Fsp3) is 0.0299. The summed E-state index contributed by atoms with van der Waals surface area (Å²) in [6, 6.07) is 82.0. The number of fused-ring (bicyclic) bond motifs is 15. The van der Waals surface area contributed by atoms with Gasteiger partial charge >= 0.3 is 0 Å². The van der Waals surface area contributed by atoms with Crippen molar-refractivity contribution in [3.63, 3.8) is 0 Å². The van der Waals surface area contributed by atoms with Crippen LogP contribution >= 0.6 is 0 Å². The van der Waals surface area contributed by atoms with E-state index in [0.29, 0.717) is 5.56 Å². The lowest BCUT2D eigenvalue weighted by Gasteiger charge is -2.30. The van der Waals surface area contributed by atoms with Crippen LogP contribution in [0.2, 0.25) is 0 Å². The third kappa shape index (κ3) is 5.30. The van der Waals surface area contributed by atoms with Crippen molar-refractivity contribution < 1.29 is 0 Å². The predicted molar refractivity (Wildman–Crippen MR) is 303 cm³/mol. The molecular formula is C67H42N6. The maximum absolute atomic E-state index is 12.9. The number of allylic oxidation sites excluding steroid dienone is 1. The highest BCUT2D eigenvalue weighted by Gasteiger charge is 2.36. The van der Waals surface area contributed by atoms with Crippen LogP contribution in [0.25, 0.3) is 133 Å². The van der Waals surface area contributed by atoms with Crippen LogP contribution in [0.15, 0.2) is 224 Å². The largest absolute Gasteiger partial charge is 0.306 e. The van der Waals surface area contributed by atoms with Gasteiger partial charge in [0.15, 0.2) is 0 Å². The summed E-state index contributed by atoms with van der Waals surface area (Å²) < 4.78 is 12.4. The Morgan fingerprint density at radius 3 is 0.836 bits per heavy atom. The third-order valence-corrected chi connectivity index (χ3v) is 15.8. The number of hydrogen-bond acceptors (Lipinski definition) is 1. The second-order valence-electron chi connectivity index (χ2n) is 19.4. The summed E-state index contributed by atoms with van der Waals surface area (Å²) in [5.41, 5.74) is 16.8. The van der Waals surface area contributed by atoms with E-state index in [4.69, 9.17) is 0 Å². The van der Waals surface area contributed by atoms with Crippen molar-refractivity contribution in [2.24, 2.45) is 0 Å². The van der Waals surface area contributed by atoms with Crippen LogP contribution in [0.5, 0.6) is 0 Å². The van der Waals surface area contributed by atoms with Crippen molar-refractivity contribution in [2.45, 2.75) is 12.8 Å². The van der Waals surface area contributed by atoms with E-state index in [1.54, 1.807) is 0 Å². The minimum Gasteiger partial charge on any atom is -0.306 e. The number of aryl methyl sites for hydroxylation is 1. The molecule has 6 nitrogen and oxygen atoms in total. The van der Waals surface area contributed by atoms with Crippen molar-refractivity contribution >= 4 is 104 Å². The SMILES string of the molecule is N#Cc1c(-n2c3ccccc3c3ccccc32)c(-n2c3ccccc3c3ccccc32)c(-n2c3c(c4ccccc42)CCC=C3)c(-n2c3ccccc3c3ccccc32)c1-n1c2ccccc2c2ccccc21. The molecule has 73 heavy (non-hydrogen) atoms. The average Bonchev–Trinajstić information content (AvgIpc) is 4.25. The van der Waals surface area contributed by atoms with E-state index in [9.17, 15) is 5.26 Å². The summed E-state index contributed by atoms with van der Waals surface area (Å²) in [4.78, 5) is 0. The van der Waals surface area contributed by atoms with Crippen LogP contribution in [0.1, 0.15) is 23.2 Å². The summed E-state index contributed by atoms with van der Waals surface area (Å²) in [6.45, 7) is 0. The zero-order valence-corrected chi connectivity index (χ0v) is 39.5. The van der Waals surface area contributed by atoms with Crippen molar-refractivity contribution in [3.05, 3.63) is 241 Å². The van der Waals surface area contributed by atoms with Gasteiger partial charge in [0, 0.05) is 54.2 Å². The summed E-state index contributed by atoms with van der Waals surface area (Å²) in [7, 11) is 0. The minimum absolute atomic E-state index is 0.552. The van der Waals surface area contributed by atoms with Gasteiger partial charge in [0.2, 0.25) is 0 Å². The number of aromatic nitrogens is 5. The summed E-state index contributed by atoms with van der Waals surface area (Å²) in [5.74, 6) is 0. The minimum atomic E-state index is 0.552. The topological polar surface area (TPSA) is 48.4 Å². The molecule has 16 rings (SSSR count). The molecular weight excluding hydrogens is 889 g/mol. The number of nitriles is 1. The van der Waals surface area contributed by atoms with Crippen molar-refractivity contribution in [1.29, 1.82) is 5.26 Å². The molecule has 0 amide bonds. The quantitative estimate of drug-likeness (QED) is 0.170. The molecule has 0 N–H and O–H groups in total. The first kappa shape index (κ1) is 40.0. The second kappa shape index (κ2) is 15.1. The lowest BCUT2D eigenvalue weighted by atomic mass is 10.00. The molecule has 1 aliphatic rings. The molecule has 1 aliphatic carbocycles. The molecule has 0 spiro atoms.